The maximum Gasteiger partial charge on any atom is 0.361 e. The van der Waals surface area contributed by atoms with Crippen LogP contribution in [0.15, 0.2) is 30.3 Å². The Hall–Kier alpha value is -3.28. The van der Waals surface area contributed by atoms with E-state index in [-0.39, 0.29) is 19.4 Å². The third kappa shape index (κ3) is 7.07. The number of carbonyl (C=O) groups excluding carboxylic acids is 5. The fourth-order valence-electron chi connectivity index (χ4n) is 4.77. The summed E-state index contributed by atoms with van der Waals surface area (Å²) < 4.78 is 23.6. The molecule has 0 bridgehead atoms. The van der Waals surface area contributed by atoms with Gasteiger partial charge in [-0.1, -0.05) is 44.2 Å². The average Bonchev–Trinajstić information content (AvgIpc) is 3.43. The highest BCUT2D eigenvalue weighted by molar-refractivity contribution is 7.55. The zero-order valence-electron chi connectivity index (χ0n) is 23.3. The summed E-state index contributed by atoms with van der Waals surface area (Å²) in [5, 5.41) is 10.4. The van der Waals surface area contributed by atoms with Gasteiger partial charge in [0.05, 0.1) is 0 Å². The van der Waals surface area contributed by atoms with Crippen LogP contribution in [-0.4, -0.2) is 85.2 Å². The van der Waals surface area contributed by atoms with Gasteiger partial charge in [0.15, 0.2) is 0 Å². The molecule has 5 atom stereocenters. The molecule has 0 aliphatic carbocycles. The highest BCUT2D eigenvalue weighted by Gasteiger charge is 2.48. The molecule has 2 aliphatic rings. The lowest BCUT2D eigenvalue weighted by Gasteiger charge is -2.32. The molecule has 2 aliphatic heterocycles. The van der Waals surface area contributed by atoms with Crippen molar-refractivity contribution < 1.29 is 37.6 Å². The number of rotatable bonds is 6. The van der Waals surface area contributed by atoms with Crippen molar-refractivity contribution in [1.29, 1.82) is 0 Å². The molecule has 1 aromatic rings. The Labute approximate surface area is 233 Å². The first-order valence-corrected chi connectivity index (χ1v) is 14.8. The summed E-state index contributed by atoms with van der Waals surface area (Å²) in [6, 6.07) is 4.76. The van der Waals surface area contributed by atoms with Gasteiger partial charge in [-0.05, 0) is 31.2 Å². The van der Waals surface area contributed by atoms with Crippen LogP contribution in [0.25, 0.3) is 0 Å². The fourth-order valence-corrected chi connectivity index (χ4v) is 6.04. The number of nitrogens with zero attached hydrogens (tertiary/aromatic N) is 1. The summed E-state index contributed by atoms with van der Waals surface area (Å²) in [5.74, 6) is -5.71. The van der Waals surface area contributed by atoms with E-state index in [9.17, 15) is 28.5 Å². The molecule has 0 radical (unpaired) electrons. The molecule has 0 spiro atoms. The van der Waals surface area contributed by atoms with Crippen LogP contribution < -0.4 is 21.3 Å². The van der Waals surface area contributed by atoms with Gasteiger partial charge in [0, 0.05) is 27.2 Å². The minimum Gasteiger partial charge on any atom is -0.343 e. The molecule has 0 aromatic heterocycles. The largest absolute Gasteiger partial charge is 0.361 e. The van der Waals surface area contributed by atoms with Gasteiger partial charge in [0.1, 0.15) is 24.2 Å². The van der Waals surface area contributed by atoms with Gasteiger partial charge in [-0.3, -0.25) is 28.5 Å². The summed E-state index contributed by atoms with van der Waals surface area (Å²) in [5.41, 5.74) is 0.771. The zero-order valence-corrected chi connectivity index (χ0v) is 24.2. The van der Waals surface area contributed by atoms with Crippen molar-refractivity contribution in [2.75, 3.05) is 20.8 Å². The van der Waals surface area contributed by atoms with E-state index in [0.717, 1.165) is 19.8 Å². The predicted molar refractivity (Wildman–Crippen MR) is 145 cm³/mol. The number of amides is 5. The van der Waals surface area contributed by atoms with Gasteiger partial charge in [-0.15, -0.1) is 0 Å². The van der Waals surface area contributed by atoms with E-state index >= 15 is 0 Å². The Kier molecular flexibility index (Phi) is 10.5. The Balaban J connectivity index is 2.06. The van der Waals surface area contributed by atoms with Gasteiger partial charge in [-0.2, -0.15) is 0 Å². The molecule has 2 saturated heterocycles. The Morgan fingerprint density at radius 2 is 1.55 bits per heavy atom. The van der Waals surface area contributed by atoms with Gasteiger partial charge >= 0.3 is 7.60 Å². The normalized spacial score (nSPS) is 27.2. The highest BCUT2D eigenvalue weighted by atomic mass is 31.2. The quantitative estimate of drug-likeness (QED) is 0.348. The van der Waals surface area contributed by atoms with E-state index in [4.69, 9.17) is 9.05 Å². The number of fused-ring (bicyclic) bond motifs is 1. The lowest BCUT2D eigenvalue weighted by Crippen LogP contribution is -2.58. The zero-order chi connectivity index (χ0) is 29.6. The molecular weight excluding hydrogens is 541 g/mol. The van der Waals surface area contributed by atoms with Crippen LogP contribution in [0.3, 0.4) is 0 Å². The first-order chi connectivity index (χ1) is 18.9. The van der Waals surface area contributed by atoms with Crippen LogP contribution >= 0.6 is 7.60 Å². The molecule has 3 rings (SSSR count). The van der Waals surface area contributed by atoms with Gasteiger partial charge in [0.2, 0.25) is 29.4 Å². The van der Waals surface area contributed by atoms with Crippen molar-refractivity contribution in [2.45, 2.75) is 70.0 Å². The van der Waals surface area contributed by atoms with Crippen molar-refractivity contribution in [3.8, 4) is 0 Å². The summed E-state index contributed by atoms with van der Waals surface area (Å²) in [4.78, 5) is 68.2. The lowest BCUT2D eigenvalue weighted by atomic mass is 10.0. The second kappa shape index (κ2) is 13.4. The maximum atomic E-state index is 13.8. The number of carbonyl (C=O) groups is 5. The number of nitrogens with one attached hydrogen (secondary N) is 4. The Morgan fingerprint density at radius 3 is 2.15 bits per heavy atom. The number of benzene rings is 1. The highest BCUT2D eigenvalue weighted by Crippen LogP contribution is 2.51. The Morgan fingerprint density at radius 1 is 0.900 bits per heavy atom. The molecule has 2 heterocycles. The standard InChI is InChI=1S/C26H38N5O8P/c1-15(2)20-24(35)30-25(40(37,38-4)39-5)26(36)31-13-9-12-19(31)23(34)28-18(14-17-10-7-6-8-11-17)22(33)27-16(3)21(32)29-20/h6-8,10-11,15-16,18-20,25H,9,12-14H2,1-5H3,(H,27,33)(H,28,34)(H,29,32)(H,30,35)/t16-,18+,19+,20+,25-/m1/s1. The van der Waals surface area contributed by atoms with E-state index in [0.29, 0.717) is 6.42 Å². The van der Waals surface area contributed by atoms with E-state index in [1.54, 1.807) is 38.1 Å². The van der Waals surface area contributed by atoms with Crippen LogP contribution in [0.1, 0.15) is 39.2 Å². The Bertz CT molecular complexity index is 1160. The second-order valence-electron chi connectivity index (χ2n) is 10.2. The third-order valence-electron chi connectivity index (χ3n) is 7.09. The van der Waals surface area contributed by atoms with Crippen LogP contribution in [0.5, 0.6) is 0 Å². The average molecular weight is 580 g/mol. The number of hydrogen-bond acceptors (Lipinski definition) is 8. The summed E-state index contributed by atoms with van der Waals surface area (Å²) >= 11 is 0. The molecule has 40 heavy (non-hydrogen) atoms. The minimum atomic E-state index is -4.24. The lowest BCUT2D eigenvalue weighted by molar-refractivity contribution is -0.141. The van der Waals surface area contributed by atoms with Crippen molar-refractivity contribution in [3.63, 3.8) is 0 Å². The van der Waals surface area contributed by atoms with E-state index in [1.807, 2.05) is 6.07 Å². The molecule has 2 fully saturated rings. The van der Waals surface area contributed by atoms with E-state index < -0.39 is 73.0 Å². The molecule has 1 aromatic carbocycles. The molecule has 0 saturated carbocycles. The van der Waals surface area contributed by atoms with Crippen LogP contribution in [0.4, 0.5) is 0 Å². The predicted octanol–water partition coefficient (Wildman–Crippen LogP) is 0.292. The fraction of sp³-hybridized carbons (Fsp3) is 0.577. The topological polar surface area (TPSA) is 172 Å². The maximum absolute atomic E-state index is 13.8. The van der Waals surface area contributed by atoms with Gasteiger partial charge < -0.3 is 35.2 Å². The van der Waals surface area contributed by atoms with Crippen molar-refractivity contribution in [2.24, 2.45) is 5.92 Å². The van der Waals surface area contributed by atoms with Crippen molar-refractivity contribution in [1.82, 2.24) is 26.2 Å². The van der Waals surface area contributed by atoms with Crippen LogP contribution in [0.2, 0.25) is 0 Å². The van der Waals surface area contributed by atoms with Gasteiger partial charge in [-0.25, -0.2) is 0 Å². The van der Waals surface area contributed by atoms with Crippen molar-refractivity contribution >= 4 is 37.1 Å². The smallest absolute Gasteiger partial charge is 0.343 e. The molecule has 5 amide bonds. The van der Waals surface area contributed by atoms with E-state index in [1.165, 1.54) is 11.8 Å². The molecule has 220 valence electrons. The third-order valence-corrected chi connectivity index (χ3v) is 9.09. The first-order valence-electron chi connectivity index (χ1n) is 13.2. The summed E-state index contributed by atoms with van der Waals surface area (Å²) in [6.07, 6.45) is 0.881. The van der Waals surface area contributed by atoms with Crippen LogP contribution in [0, 0.1) is 5.92 Å². The van der Waals surface area contributed by atoms with E-state index in [2.05, 4.69) is 21.3 Å². The summed E-state index contributed by atoms with van der Waals surface area (Å²) in [7, 11) is -2.07. The van der Waals surface area contributed by atoms with Crippen LogP contribution in [-0.2, 0) is 44.0 Å². The number of hydrogen-bond donors (Lipinski definition) is 4. The molecular formula is C26H38N5O8P. The molecule has 13 nitrogen and oxygen atoms in total. The molecule has 14 heteroatoms. The first kappa shape index (κ1) is 31.3. The second-order valence-corrected chi connectivity index (χ2v) is 12.5. The SMILES string of the molecule is COP(=O)(OC)[C@H]1NC(=O)[C@H](C(C)C)NC(=O)[C@@H](C)NC(=O)[C@H](Cc2ccccc2)NC(=O)[C@@H]2CCCN2C1=O. The minimum absolute atomic E-state index is 0.132. The van der Waals surface area contributed by atoms with Crippen molar-refractivity contribution in [3.05, 3.63) is 35.9 Å². The molecule has 0 unspecified atom stereocenters. The summed E-state index contributed by atoms with van der Waals surface area (Å²) in [6.45, 7) is 4.96. The monoisotopic (exact) mass is 579 g/mol. The van der Waals surface area contributed by atoms with Gasteiger partial charge in [0.25, 0.3) is 5.91 Å². The molecule has 4 N–H and O–H groups in total.